The van der Waals surface area contributed by atoms with Gasteiger partial charge < -0.3 is 26.7 Å². The van der Waals surface area contributed by atoms with Gasteiger partial charge in [-0.3, -0.25) is 19.2 Å². The number of primary amides is 1. The maximum absolute atomic E-state index is 13.1. The lowest BCUT2D eigenvalue weighted by Crippen LogP contribution is -2.54. The number of carbonyl (C=O) groups is 4. The highest BCUT2D eigenvalue weighted by Gasteiger charge is 2.34. The summed E-state index contributed by atoms with van der Waals surface area (Å²) in [5.74, 6) is -1.92. The van der Waals surface area contributed by atoms with E-state index in [-0.39, 0.29) is 18.0 Å². The van der Waals surface area contributed by atoms with Gasteiger partial charge in [0.25, 0.3) is 5.91 Å². The van der Waals surface area contributed by atoms with E-state index in [2.05, 4.69) is 20.9 Å². The van der Waals surface area contributed by atoms with E-state index >= 15 is 0 Å². The second-order valence-corrected chi connectivity index (χ2v) is 9.83. The van der Waals surface area contributed by atoms with E-state index in [9.17, 15) is 19.2 Å². The number of hydrogen-bond acceptors (Lipinski definition) is 4. The SMILES string of the molecule is NC(=O)[C@H](C[C@@H]1CCCNC1=O)NC(=O)[C@H](CC1CC1)NC(=O)c1cc2ccc(Cl)c(Cl)c2[nH]1. The van der Waals surface area contributed by atoms with Crippen LogP contribution in [0.5, 0.6) is 0 Å². The zero-order chi connectivity index (χ0) is 24.4. The fourth-order valence-corrected chi connectivity index (χ4v) is 4.66. The lowest BCUT2D eigenvalue weighted by molar-refractivity contribution is -0.131. The Hall–Kier alpha value is -2.78. The molecule has 9 nitrogen and oxygen atoms in total. The van der Waals surface area contributed by atoms with Crippen molar-refractivity contribution in [2.45, 2.75) is 50.6 Å². The van der Waals surface area contributed by atoms with Crippen LogP contribution in [0.15, 0.2) is 18.2 Å². The normalized spacial score (nSPS) is 19.8. The van der Waals surface area contributed by atoms with Gasteiger partial charge in [0, 0.05) is 17.8 Å². The molecule has 6 N–H and O–H groups in total. The van der Waals surface area contributed by atoms with Crippen molar-refractivity contribution >= 4 is 57.7 Å². The van der Waals surface area contributed by atoms with Gasteiger partial charge in [0.15, 0.2) is 0 Å². The molecule has 1 saturated heterocycles. The van der Waals surface area contributed by atoms with Crippen LogP contribution in [0.25, 0.3) is 10.9 Å². The summed E-state index contributed by atoms with van der Waals surface area (Å²) in [4.78, 5) is 53.1. The average molecular weight is 508 g/mol. The van der Waals surface area contributed by atoms with Crippen LogP contribution < -0.4 is 21.7 Å². The van der Waals surface area contributed by atoms with E-state index in [0.29, 0.717) is 46.3 Å². The smallest absolute Gasteiger partial charge is 0.268 e. The van der Waals surface area contributed by atoms with E-state index < -0.39 is 35.7 Å². The van der Waals surface area contributed by atoms with Gasteiger partial charge in [-0.15, -0.1) is 0 Å². The molecule has 2 fully saturated rings. The highest BCUT2D eigenvalue weighted by molar-refractivity contribution is 6.45. The molecule has 1 aromatic heterocycles. The number of benzene rings is 1. The van der Waals surface area contributed by atoms with Gasteiger partial charge in [-0.1, -0.05) is 42.1 Å². The summed E-state index contributed by atoms with van der Waals surface area (Å²) < 4.78 is 0. The molecular weight excluding hydrogens is 481 g/mol. The van der Waals surface area contributed by atoms with Crippen molar-refractivity contribution in [1.29, 1.82) is 0 Å². The molecule has 0 radical (unpaired) electrons. The third-order valence-electron chi connectivity index (χ3n) is 6.40. The van der Waals surface area contributed by atoms with Crippen LogP contribution in [0, 0.1) is 11.8 Å². The minimum atomic E-state index is -1.01. The monoisotopic (exact) mass is 507 g/mol. The number of nitrogens with one attached hydrogen (secondary N) is 4. The fraction of sp³-hybridized carbons (Fsp3) is 0.478. The quantitative estimate of drug-likeness (QED) is 0.354. The highest BCUT2D eigenvalue weighted by atomic mass is 35.5. The Morgan fingerprint density at radius 1 is 1.09 bits per heavy atom. The van der Waals surface area contributed by atoms with Crippen LogP contribution in [0.3, 0.4) is 0 Å². The third-order valence-corrected chi connectivity index (χ3v) is 7.20. The first-order chi connectivity index (χ1) is 16.2. The predicted molar refractivity (Wildman–Crippen MR) is 128 cm³/mol. The molecule has 4 rings (SSSR count). The summed E-state index contributed by atoms with van der Waals surface area (Å²) in [7, 11) is 0. The van der Waals surface area contributed by atoms with Crippen LogP contribution in [0.2, 0.25) is 10.0 Å². The van der Waals surface area contributed by atoms with Crippen LogP contribution in [0.1, 0.15) is 49.0 Å². The summed E-state index contributed by atoms with van der Waals surface area (Å²) >= 11 is 12.3. The summed E-state index contributed by atoms with van der Waals surface area (Å²) in [6.45, 7) is 0.601. The fourth-order valence-electron chi connectivity index (χ4n) is 4.28. The molecule has 1 saturated carbocycles. The number of nitrogens with two attached hydrogens (primary N) is 1. The number of rotatable bonds is 9. The summed E-state index contributed by atoms with van der Waals surface area (Å²) in [6, 6.07) is 3.15. The van der Waals surface area contributed by atoms with Gasteiger partial charge in [-0.2, -0.15) is 0 Å². The van der Waals surface area contributed by atoms with Crippen molar-refractivity contribution < 1.29 is 19.2 Å². The van der Waals surface area contributed by atoms with Crippen LogP contribution in [0.4, 0.5) is 0 Å². The maximum atomic E-state index is 13.1. The molecule has 2 heterocycles. The highest BCUT2D eigenvalue weighted by Crippen LogP contribution is 2.34. The van der Waals surface area contributed by atoms with E-state index in [1.54, 1.807) is 18.2 Å². The standard InChI is InChI=1S/C23H27Cl2N5O4/c24-14-6-5-12-9-17(28-19(12)18(14)25)23(34)30-16(8-11-3-4-11)22(33)29-15(20(26)31)10-13-2-1-7-27-21(13)32/h5-6,9,11,13,15-16,28H,1-4,7-8,10H2,(H2,26,31)(H,27,32)(H,29,33)(H,30,34)/t13-,15-,16-/m0/s1. The first-order valence-electron chi connectivity index (χ1n) is 11.4. The van der Waals surface area contributed by atoms with Gasteiger partial charge >= 0.3 is 0 Å². The van der Waals surface area contributed by atoms with Crippen molar-refractivity contribution in [3.8, 4) is 0 Å². The van der Waals surface area contributed by atoms with Crippen molar-refractivity contribution in [1.82, 2.24) is 20.9 Å². The van der Waals surface area contributed by atoms with Crippen LogP contribution >= 0.6 is 23.2 Å². The average Bonchev–Trinajstić information content (AvgIpc) is 3.51. The summed E-state index contributed by atoms with van der Waals surface area (Å²) in [5, 5.41) is 9.57. The van der Waals surface area contributed by atoms with Gasteiger partial charge in [0.05, 0.1) is 15.6 Å². The Bertz CT molecular complexity index is 1130. The molecule has 0 spiro atoms. The summed E-state index contributed by atoms with van der Waals surface area (Å²) in [5.41, 5.74) is 6.29. The number of hydrogen-bond donors (Lipinski definition) is 5. The summed E-state index contributed by atoms with van der Waals surface area (Å²) in [6.07, 6.45) is 3.94. The van der Waals surface area contributed by atoms with Crippen LogP contribution in [-0.4, -0.2) is 47.2 Å². The number of fused-ring (bicyclic) bond motifs is 1. The van der Waals surface area contributed by atoms with Crippen molar-refractivity contribution in [2.24, 2.45) is 17.6 Å². The van der Waals surface area contributed by atoms with Gasteiger partial charge in [0.2, 0.25) is 17.7 Å². The molecule has 0 bridgehead atoms. The predicted octanol–water partition coefficient (Wildman–Crippen LogP) is 2.26. The number of piperidine rings is 1. The number of halogens is 2. The second-order valence-electron chi connectivity index (χ2n) is 9.04. The molecule has 34 heavy (non-hydrogen) atoms. The number of aromatic nitrogens is 1. The van der Waals surface area contributed by atoms with E-state index in [0.717, 1.165) is 19.3 Å². The number of amides is 4. The molecule has 0 unspecified atom stereocenters. The minimum Gasteiger partial charge on any atom is -0.368 e. The van der Waals surface area contributed by atoms with Crippen LogP contribution in [-0.2, 0) is 14.4 Å². The zero-order valence-corrected chi connectivity index (χ0v) is 20.0. The van der Waals surface area contributed by atoms with E-state index in [1.807, 2.05) is 0 Å². The maximum Gasteiger partial charge on any atom is 0.268 e. The third kappa shape index (κ3) is 5.64. The Kier molecular flexibility index (Phi) is 7.33. The van der Waals surface area contributed by atoms with E-state index in [1.165, 1.54) is 0 Å². The molecule has 1 aliphatic carbocycles. The Balaban J connectivity index is 1.46. The molecule has 4 amide bonds. The number of carbonyl (C=O) groups excluding carboxylic acids is 4. The van der Waals surface area contributed by atoms with Crippen molar-refractivity contribution in [3.63, 3.8) is 0 Å². The molecule has 1 aliphatic heterocycles. The van der Waals surface area contributed by atoms with Gasteiger partial charge in [-0.25, -0.2) is 0 Å². The Morgan fingerprint density at radius 3 is 2.53 bits per heavy atom. The molecule has 2 aliphatic rings. The first kappa shape index (κ1) is 24.3. The molecule has 1 aromatic carbocycles. The van der Waals surface area contributed by atoms with Gasteiger partial charge in [-0.05, 0) is 43.7 Å². The van der Waals surface area contributed by atoms with Gasteiger partial charge in [0.1, 0.15) is 17.8 Å². The zero-order valence-electron chi connectivity index (χ0n) is 18.5. The number of aromatic amines is 1. The largest absolute Gasteiger partial charge is 0.368 e. The number of H-pyrrole nitrogens is 1. The molecule has 11 heteroatoms. The Labute approximate surface area is 206 Å². The first-order valence-corrected chi connectivity index (χ1v) is 12.1. The molecule has 182 valence electrons. The molecular formula is C23H27Cl2N5O4. The second kappa shape index (κ2) is 10.2. The van der Waals surface area contributed by atoms with Crippen molar-refractivity contribution in [2.75, 3.05) is 6.54 Å². The Morgan fingerprint density at radius 2 is 1.85 bits per heavy atom. The topological polar surface area (TPSA) is 146 Å². The van der Waals surface area contributed by atoms with Crippen molar-refractivity contribution in [3.05, 3.63) is 33.9 Å². The molecule has 3 atom stereocenters. The minimum absolute atomic E-state index is 0.123. The van der Waals surface area contributed by atoms with E-state index in [4.69, 9.17) is 28.9 Å². The lowest BCUT2D eigenvalue weighted by Gasteiger charge is -2.27. The molecule has 2 aromatic rings. The lowest BCUT2D eigenvalue weighted by atomic mass is 9.91.